The van der Waals surface area contributed by atoms with Crippen molar-refractivity contribution in [2.24, 2.45) is 5.73 Å². The van der Waals surface area contributed by atoms with E-state index in [0.717, 1.165) is 35.7 Å². The van der Waals surface area contributed by atoms with Gasteiger partial charge in [-0.2, -0.15) is 0 Å². The molecule has 0 aliphatic heterocycles. The third-order valence-electron chi connectivity index (χ3n) is 2.75. The second kappa shape index (κ2) is 7.28. The molecule has 0 spiro atoms. The molecule has 1 rings (SSSR count). The van der Waals surface area contributed by atoms with Crippen LogP contribution in [0, 0.1) is 5.41 Å². The summed E-state index contributed by atoms with van der Waals surface area (Å²) >= 11 is 1.61. The zero-order valence-corrected chi connectivity index (χ0v) is 12.0. The van der Waals surface area contributed by atoms with Crippen LogP contribution in [0.2, 0.25) is 0 Å². The molecule has 0 saturated carbocycles. The summed E-state index contributed by atoms with van der Waals surface area (Å²) in [6, 6.07) is 6.00. The van der Waals surface area contributed by atoms with Gasteiger partial charge in [-0.1, -0.05) is 6.07 Å². The van der Waals surface area contributed by atoms with Crippen LogP contribution in [0.4, 0.5) is 5.69 Å². The van der Waals surface area contributed by atoms with E-state index in [4.69, 9.17) is 15.9 Å². The van der Waals surface area contributed by atoms with Crippen molar-refractivity contribution in [1.29, 1.82) is 5.41 Å². The molecule has 0 amide bonds. The van der Waals surface area contributed by atoms with Crippen LogP contribution in [0.15, 0.2) is 23.1 Å². The second-order valence-electron chi connectivity index (χ2n) is 4.04. The quantitative estimate of drug-likeness (QED) is 0.344. The zero-order chi connectivity index (χ0) is 13.5. The third-order valence-corrected chi connectivity index (χ3v) is 3.53. The highest BCUT2D eigenvalue weighted by atomic mass is 32.2. The number of nitrogens with two attached hydrogens (primary N) is 1. The van der Waals surface area contributed by atoms with Gasteiger partial charge >= 0.3 is 0 Å². The molecule has 0 bridgehead atoms. The van der Waals surface area contributed by atoms with Crippen LogP contribution in [0.3, 0.4) is 0 Å². The number of thioether (sulfide) groups is 1. The molecule has 3 N–H and O–H groups in total. The van der Waals surface area contributed by atoms with Crippen LogP contribution in [-0.2, 0) is 4.74 Å². The Kier molecular flexibility index (Phi) is 6.01. The zero-order valence-electron chi connectivity index (χ0n) is 11.2. The summed E-state index contributed by atoms with van der Waals surface area (Å²) in [6.07, 6.45) is 2.95. The van der Waals surface area contributed by atoms with E-state index in [1.807, 2.05) is 31.5 Å². The van der Waals surface area contributed by atoms with Gasteiger partial charge in [0.05, 0.1) is 5.56 Å². The molecule has 5 heteroatoms. The fourth-order valence-electron chi connectivity index (χ4n) is 1.84. The summed E-state index contributed by atoms with van der Waals surface area (Å²) in [7, 11) is 3.72. The number of amidine groups is 1. The van der Waals surface area contributed by atoms with Crippen molar-refractivity contribution < 1.29 is 4.74 Å². The minimum Gasteiger partial charge on any atom is -0.385 e. The maximum atomic E-state index is 7.74. The molecule has 0 heterocycles. The molecule has 4 nitrogen and oxygen atoms in total. The van der Waals surface area contributed by atoms with Gasteiger partial charge in [-0.05, 0) is 24.8 Å². The molecule has 0 aromatic heterocycles. The number of hydrogen-bond acceptors (Lipinski definition) is 4. The Morgan fingerprint density at radius 2 is 2.22 bits per heavy atom. The second-order valence-corrected chi connectivity index (χ2v) is 4.88. The van der Waals surface area contributed by atoms with Gasteiger partial charge in [0.1, 0.15) is 5.84 Å². The number of hydrogen-bond donors (Lipinski definition) is 2. The van der Waals surface area contributed by atoms with E-state index in [1.165, 1.54) is 0 Å². The number of nitrogen functional groups attached to an aromatic ring is 1. The van der Waals surface area contributed by atoms with E-state index in [9.17, 15) is 0 Å². The monoisotopic (exact) mass is 267 g/mol. The molecule has 1 aromatic rings. The van der Waals surface area contributed by atoms with E-state index in [0.29, 0.717) is 0 Å². The van der Waals surface area contributed by atoms with Crippen molar-refractivity contribution in [3.63, 3.8) is 0 Å². The predicted molar refractivity (Wildman–Crippen MR) is 79.0 cm³/mol. The standard InChI is InChI=1S/C13H21N3OS/c1-16(8-5-9-17-2)10-6-4-7-11(18-3)12(10)13(14)15/h4,6-7H,5,8-9H2,1-3H3,(H3,14,15). The van der Waals surface area contributed by atoms with Crippen LogP contribution in [-0.4, -0.2) is 39.4 Å². The first kappa shape index (κ1) is 14.9. The Hall–Kier alpha value is -1.20. The van der Waals surface area contributed by atoms with Crippen LogP contribution in [0.25, 0.3) is 0 Å². The molecule has 1 aromatic carbocycles. The summed E-state index contributed by atoms with van der Waals surface area (Å²) in [5.74, 6) is 0.119. The Morgan fingerprint density at radius 1 is 1.50 bits per heavy atom. The maximum Gasteiger partial charge on any atom is 0.126 e. The van der Waals surface area contributed by atoms with Crippen LogP contribution < -0.4 is 10.6 Å². The number of rotatable bonds is 7. The lowest BCUT2D eigenvalue weighted by molar-refractivity contribution is 0.196. The van der Waals surface area contributed by atoms with Gasteiger partial charge in [0.25, 0.3) is 0 Å². The SMILES string of the molecule is COCCCN(C)c1cccc(SC)c1C(=N)N. The minimum atomic E-state index is 0.119. The first-order valence-electron chi connectivity index (χ1n) is 5.83. The van der Waals surface area contributed by atoms with Gasteiger partial charge in [0.15, 0.2) is 0 Å². The lowest BCUT2D eigenvalue weighted by atomic mass is 10.1. The van der Waals surface area contributed by atoms with E-state index < -0.39 is 0 Å². The van der Waals surface area contributed by atoms with Gasteiger partial charge in [0, 0.05) is 37.9 Å². The van der Waals surface area contributed by atoms with Crippen molar-refractivity contribution >= 4 is 23.3 Å². The summed E-state index contributed by atoms with van der Waals surface area (Å²) in [6.45, 7) is 1.62. The largest absolute Gasteiger partial charge is 0.385 e. The number of anilines is 1. The molecule has 0 unspecified atom stereocenters. The Morgan fingerprint density at radius 3 is 2.78 bits per heavy atom. The Bertz CT molecular complexity index is 409. The van der Waals surface area contributed by atoms with E-state index in [2.05, 4.69) is 4.90 Å². The van der Waals surface area contributed by atoms with Gasteiger partial charge in [-0.3, -0.25) is 5.41 Å². The maximum absolute atomic E-state index is 7.74. The van der Waals surface area contributed by atoms with Crippen molar-refractivity contribution in [3.8, 4) is 0 Å². The smallest absolute Gasteiger partial charge is 0.126 e. The average Bonchev–Trinajstić information content (AvgIpc) is 2.37. The normalized spacial score (nSPS) is 10.4. The number of nitrogens with one attached hydrogen (secondary N) is 1. The fourth-order valence-corrected chi connectivity index (χ4v) is 2.48. The summed E-state index contributed by atoms with van der Waals surface area (Å²) < 4.78 is 5.05. The molecule has 0 radical (unpaired) electrons. The van der Waals surface area contributed by atoms with E-state index in [-0.39, 0.29) is 5.84 Å². The first-order valence-corrected chi connectivity index (χ1v) is 7.05. The van der Waals surface area contributed by atoms with Gasteiger partial charge < -0.3 is 15.4 Å². The Balaban J connectivity index is 2.96. The molecule has 0 atom stereocenters. The summed E-state index contributed by atoms with van der Waals surface area (Å²) in [5, 5.41) is 7.74. The minimum absolute atomic E-state index is 0.119. The number of methoxy groups -OCH3 is 1. The van der Waals surface area contributed by atoms with E-state index >= 15 is 0 Å². The summed E-state index contributed by atoms with van der Waals surface area (Å²) in [4.78, 5) is 3.16. The number of benzene rings is 1. The number of nitrogens with zero attached hydrogens (tertiary/aromatic N) is 1. The molecule has 0 saturated heterocycles. The van der Waals surface area contributed by atoms with Crippen LogP contribution in [0.5, 0.6) is 0 Å². The van der Waals surface area contributed by atoms with Crippen molar-refractivity contribution in [3.05, 3.63) is 23.8 Å². The number of ether oxygens (including phenoxy) is 1. The first-order chi connectivity index (χ1) is 8.61. The Labute approximate surface area is 113 Å². The predicted octanol–water partition coefficient (Wildman–Crippen LogP) is 2.17. The van der Waals surface area contributed by atoms with Gasteiger partial charge in [0.2, 0.25) is 0 Å². The molecule has 0 aliphatic carbocycles. The van der Waals surface area contributed by atoms with Crippen LogP contribution in [0.1, 0.15) is 12.0 Å². The molecular formula is C13H21N3OS. The molecule has 18 heavy (non-hydrogen) atoms. The molecular weight excluding hydrogens is 246 g/mol. The average molecular weight is 267 g/mol. The topological polar surface area (TPSA) is 62.3 Å². The molecule has 100 valence electrons. The third kappa shape index (κ3) is 3.65. The lowest BCUT2D eigenvalue weighted by Crippen LogP contribution is -2.24. The molecule has 0 fully saturated rings. The van der Waals surface area contributed by atoms with Crippen LogP contribution >= 0.6 is 11.8 Å². The van der Waals surface area contributed by atoms with Gasteiger partial charge in [-0.25, -0.2) is 0 Å². The highest BCUT2D eigenvalue weighted by Gasteiger charge is 2.13. The molecule has 0 aliphatic rings. The highest BCUT2D eigenvalue weighted by molar-refractivity contribution is 7.98. The fraction of sp³-hybridized carbons (Fsp3) is 0.462. The van der Waals surface area contributed by atoms with Crippen molar-refractivity contribution in [1.82, 2.24) is 0 Å². The van der Waals surface area contributed by atoms with Crippen molar-refractivity contribution in [2.75, 3.05) is 38.5 Å². The highest BCUT2D eigenvalue weighted by Crippen LogP contribution is 2.28. The summed E-state index contributed by atoms with van der Waals surface area (Å²) in [5.41, 5.74) is 7.53. The lowest BCUT2D eigenvalue weighted by Gasteiger charge is -2.23. The van der Waals surface area contributed by atoms with E-state index in [1.54, 1.807) is 18.9 Å². The van der Waals surface area contributed by atoms with Gasteiger partial charge in [-0.15, -0.1) is 11.8 Å². The van der Waals surface area contributed by atoms with Crippen molar-refractivity contribution in [2.45, 2.75) is 11.3 Å².